The van der Waals surface area contributed by atoms with E-state index in [9.17, 15) is 4.79 Å². The van der Waals surface area contributed by atoms with E-state index in [-0.39, 0.29) is 5.91 Å². The van der Waals surface area contributed by atoms with Gasteiger partial charge in [0.2, 0.25) is 5.91 Å². The van der Waals surface area contributed by atoms with Crippen LogP contribution in [0.25, 0.3) is 0 Å². The standard InChI is InChI=1S/C12H27N3O2/c1-4-15(5-2)9-6-7-13-11-12(16)14-8-10-17-3/h13H,4-11H2,1-3H3,(H,14,16). The molecular weight excluding hydrogens is 218 g/mol. The Morgan fingerprint density at radius 1 is 1.24 bits per heavy atom. The molecule has 1 amide bonds. The number of nitrogens with zero attached hydrogens (tertiary/aromatic N) is 1. The Labute approximate surface area is 105 Å². The molecule has 0 spiro atoms. The smallest absolute Gasteiger partial charge is 0.234 e. The monoisotopic (exact) mass is 245 g/mol. The summed E-state index contributed by atoms with van der Waals surface area (Å²) in [5, 5.41) is 5.90. The molecule has 0 saturated carbocycles. The largest absolute Gasteiger partial charge is 0.383 e. The molecule has 0 aliphatic heterocycles. The van der Waals surface area contributed by atoms with Crippen LogP contribution in [0.15, 0.2) is 0 Å². The van der Waals surface area contributed by atoms with Crippen molar-refractivity contribution in [3.8, 4) is 0 Å². The van der Waals surface area contributed by atoms with Gasteiger partial charge in [0.05, 0.1) is 13.2 Å². The third-order valence-corrected chi connectivity index (χ3v) is 2.64. The number of carbonyl (C=O) groups excluding carboxylic acids is 1. The van der Waals surface area contributed by atoms with Crippen molar-refractivity contribution < 1.29 is 9.53 Å². The molecule has 0 aromatic rings. The molecular formula is C12H27N3O2. The van der Waals surface area contributed by atoms with Crippen molar-refractivity contribution >= 4 is 5.91 Å². The minimum Gasteiger partial charge on any atom is -0.383 e. The lowest BCUT2D eigenvalue weighted by Crippen LogP contribution is -2.36. The van der Waals surface area contributed by atoms with Gasteiger partial charge in [-0.25, -0.2) is 0 Å². The molecule has 0 aromatic carbocycles. The first-order chi connectivity index (χ1) is 8.24. The van der Waals surface area contributed by atoms with Crippen molar-refractivity contribution in [2.45, 2.75) is 20.3 Å². The van der Waals surface area contributed by atoms with Crippen LogP contribution in [0, 0.1) is 0 Å². The van der Waals surface area contributed by atoms with E-state index in [1.165, 1.54) is 0 Å². The van der Waals surface area contributed by atoms with Crippen molar-refractivity contribution in [1.82, 2.24) is 15.5 Å². The molecule has 17 heavy (non-hydrogen) atoms. The fraction of sp³-hybridized carbons (Fsp3) is 0.917. The first-order valence-corrected chi connectivity index (χ1v) is 6.43. The molecule has 0 unspecified atom stereocenters. The first-order valence-electron chi connectivity index (χ1n) is 6.43. The lowest BCUT2D eigenvalue weighted by Gasteiger charge is -2.17. The number of nitrogens with one attached hydrogen (secondary N) is 2. The molecule has 102 valence electrons. The van der Waals surface area contributed by atoms with E-state index < -0.39 is 0 Å². The van der Waals surface area contributed by atoms with Crippen LogP contribution >= 0.6 is 0 Å². The second-order valence-electron chi connectivity index (χ2n) is 3.90. The summed E-state index contributed by atoms with van der Waals surface area (Å²) in [6.07, 6.45) is 1.08. The molecule has 0 rings (SSSR count). The second kappa shape index (κ2) is 11.8. The van der Waals surface area contributed by atoms with Crippen molar-refractivity contribution in [1.29, 1.82) is 0 Å². The third kappa shape index (κ3) is 10.2. The van der Waals surface area contributed by atoms with Crippen molar-refractivity contribution in [3.63, 3.8) is 0 Å². The average Bonchev–Trinajstić information content (AvgIpc) is 2.34. The van der Waals surface area contributed by atoms with Crippen molar-refractivity contribution in [2.24, 2.45) is 0 Å². The molecule has 0 heterocycles. The quantitative estimate of drug-likeness (QED) is 0.506. The van der Waals surface area contributed by atoms with Crippen LogP contribution in [0.2, 0.25) is 0 Å². The molecule has 0 fully saturated rings. The van der Waals surface area contributed by atoms with E-state index in [4.69, 9.17) is 4.74 Å². The van der Waals surface area contributed by atoms with Gasteiger partial charge < -0.3 is 20.3 Å². The minimum absolute atomic E-state index is 0.0323. The highest BCUT2D eigenvalue weighted by atomic mass is 16.5. The summed E-state index contributed by atoms with van der Waals surface area (Å²) in [5.41, 5.74) is 0. The molecule has 0 saturated heterocycles. The molecule has 0 bridgehead atoms. The molecule has 0 atom stereocenters. The predicted octanol–water partition coefficient (Wildman–Crippen LogP) is 0.0705. The van der Waals surface area contributed by atoms with Crippen LogP contribution in [0.3, 0.4) is 0 Å². The Balaban J connectivity index is 3.29. The van der Waals surface area contributed by atoms with E-state index in [1.807, 2.05) is 0 Å². The number of rotatable bonds is 11. The van der Waals surface area contributed by atoms with Crippen LogP contribution in [0.4, 0.5) is 0 Å². The zero-order valence-electron chi connectivity index (χ0n) is 11.4. The Morgan fingerprint density at radius 3 is 2.53 bits per heavy atom. The zero-order valence-corrected chi connectivity index (χ0v) is 11.4. The van der Waals surface area contributed by atoms with Gasteiger partial charge in [0.1, 0.15) is 0 Å². The van der Waals surface area contributed by atoms with E-state index >= 15 is 0 Å². The molecule has 0 aliphatic carbocycles. The summed E-state index contributed by atoms with van der Waals surface area (Å²) in [5.74, 6) is 0.0323. The number of carbonyl (C=O) groups is 1. The number of ether oxygens (including phenoxy) is 1. The Bertz CT molecular complexity index is 185. The van der Waals surface area contributed by atoms with Gasteiger partial charge in [-0.1, -0.05) is 13.8 Å². The number of amides is 1. The minimum atomic E-state index is 0.0323. The topological polar surface area (TPSA) is 53.6 Å². The molecule has 0 aliphatic rings. The second-order valence-corrected chi connectivity index (χ2v) is 3.90. The maximum Gasteiger partial charge on any atom is 0.234 e. The van der Waals surface area contributed by atoms with Gasteiger partial charge in [0, 0.05) is 13.7 Å². The molecule has 0 aromatic heterocycles. The molecule has 2 N–H and O–H groups in total. The first kappa shape index (κ1) is 16.4. The number of hydrogen-bond acceptors (Lipinski definition) is 4. The van der Waals surface area contributed by atoms with E-state index in [0.29, 0.717) is 19.7 Å². The highest BCUT2D eigenvalue weighted by Gasteiger charge is 2.00. The number of hydrogen-bond donors (Lipinski definition) is 2. The highest BCUT2D eigenvalue weighted by molar-refractivity contribution is 5.77. The van der Waals surface area contributed by atoms with Crippen molar-refractivity contribution in [3.05, 3.63) is 0 Å². The summed E-state index contributed by atoms with van der Waals surface area (Å²) in [7, 11) is 1.62. The maximum absolute atomic E-state index is 11.3. The van der Waals surface area contributed by atoms with Crippen LogP contribution in [-0.4, -0.2) is 63.8 Å². The van der Waals surface area contributed by atoms with Crippen LogP contribution in [0.5, 0.6) is 0 Å². The Morgan fingerprint density at radius 2 is 1.94 bits per heavy atom. The fourth-order valence-corrected chi connectivity index (χ4v) is 1.52. The zero-order chi connectivity index (χ0) is 12.9. The van der Waals surface area contributed by atoms with Crippen LogP contribution < -0.4 is 10.6 Å². The third-order valence-electron chi connectivity index (χ3n) is 2.64. The van der Waals surface area contributed by atoms with Crippen LogP contribution in [0.1, 0.15) is 20.3 Å². The maximum atomic E-state index is 11.3. The lowest BCUT2D eigenvalue weighted by atomic mass is 10.3. The Kier molecular flexibility index (Phi) is 11.4. The van der Waals surface area contributed by atoms with E-state index in [2.05, 4.69) is 29.4 Å². The highest BCUT2D eigenvalue weighted by Crippen LogP contribution is 1.88. The van der Waals surface area contributed by atoms with Gasteiger partial charge >= 0.3 is 0 Å². The van der Waals surface area contributed by atoms with Gasteiger partial charge in [0.25, 0.3) is 0 Å². The van der Waals surface area contributed by atoms with E-state index in [0.717, 1.165) is 32.6 Å². The van der Waals surface area contributed by atoms with Gasteiger partial charge in [-0.05, 0) is 32.6 Å². The molecule has 5 nitrogen and oxygen atoms in total. The average molecular weight is 245 g/mol. The van der Waals surface area contributed by atoms with Gasteiger partial charge in [-0.2, -0.15) is 0 Å². The number of methoxy groups -OCH3 is 1. The fourth-order valence-electron chi connectivity index (χ4n) is 1.52. The molecule has 5 heteroatoms. The summed E-state index contributed by atoms with van der Waals surface area (Å²) in [4.78, 5) is 13.7. The summed E-state index contributed by atoms with van der Waals surface area (Å²) in [6, 6.07) is 0. The van der Waals surface area contributed by atoms with Crippen LogP contribution in [-0.2, 0) is 9.53 Å². The predicted molar refractivity (Wildman–Crippen MR) is 70.2 cm³/mol. The summed E-state index contributed by atoms with van der Waals surface area (Å²) >= 11 is 0. The van der Waals surface area contributed by atoms with Crippen molar-refractivity contribution in [2.75, 3.05) is 53.0 Å². The van der Waals surface area contributed by atoms with E-state index in [1.54, 1.807) is 7.11 Å². The Hall–Kier alpha value is -0.650. The summed E-state index contributed by atoms with van der Waals surface area (Å²) < 4.78 is 4.85. The SMILES string of the molecule is CCN(CC)CCCNCC(=O)NCCOC. The van der Waals surface area contributed by atoms with Gasteiger partial charge in [-0.15, -0.1) is 0 Å². The normalized spacial score (nSPS) is 10.8. The summed E-state index contributed by atoms with van der Waals surface area (Å²) in [6.45, 7) is 10.0. The van der Waals surface area contributed by atoms with Gasteiger partial charge in [-0.3, -0.25) is 4.79 Å². The van der Waals surface area contributed by atoms with Gasteiger partial charge in [0.15, 0.2) is 0 Å². The molecule has 0 radical (unpaired) electrons. The lowest BCUT2D eigenvalue weighted by molar-refractivity contribution is -0.120.